The van der Waals surface area contributed by atoms with Crippen LogP contribution < -0.4 is 14.4 Å². The maximum absolute atomic E-state index is 13.1. The van der Waals surface area contributed by atoms with E-state index in [0.29, 0.717) is 28.4 Å². The summed E-state index contributed by atoms with van der Waals surface area (Å²) in [6.45, 7) is 1.69. The largest absolute Gasteiger partial charge is 0.507 e. The van der Waals surface area contributed by atoms with Crippen molar-refractivity contribution in [3.63, 3.8) is 0 Å². The normalized spacial score (nSPS) is 17.6. The van der Waals surface area contributed by atoms with E-state index in [0.717, 1.165) is 4.47 Å². The number of methoxy groups -OCH3 is 2. The number of hydrogen-bond acceptors (Lipinski definition) is 7. The topological polar surface area (TPSA) is 102 Å². The molecule has 1 aliphatic rings. The summed E-state index contributed by atoms with van der Waals surface area (Å²) in [4.78, 5) is 27.4. The number of nitrogens with zero attached hydrogens (tertiary/aromatic N) is 2. The van der Waals surface area contributed by atoms with E-state index >= 15 is 0 Å². The molecule has 1 aromatic heterocycles. The Hall–Kier alpha value is -3.59. The standard InChI is InChI=1S/C23H19BrN2O6/c1-12-10-18(25-32-12)26-20(13-4-7-15(24)8-5-13)19(22(28)23(26)29)21(27)14-6-9-16(30-2)17(11-14)31-3/h4-11,20,27H,1-3H3/t20-/m0/s1. The predicted octanol–water partition coefficient (Wildman–Crippen LogP) is 4.39. The highest BCUT2D eigenvalue weighted by Gasteiger charge is 2.48. The lowest BCUT2D eigenvalue weighted by Crippen LogP contribution is -2.29. The number of ether oxygens (including phenoxy) is 2. The highest BCUT2D eigenvalue weighted by Crippen LogP contribution is 2.43. The van der Waals surface area contributed by atoms with Gasteiger partial charge in [0, 0.05) is 16.1 Å². The van der Waals surface area contributed by atoms with Crippen LogP contribution in [0.3, 0.4) is 0 Å². The Morgan fingerprint density at radius 3 is 2.34 bits per heavy atom. The Balaban J connectivity index is 1.93. The molecule has 0 unspecified atom stereocenters. The average molecular weight is 499 g/mol. The molecule has 8 nitrogen and oxygen atoms in total. The van der Waals surface area contributed by atoms with Crippen LogP contribution in [0.1, 0.15) is 22.9 Å². The van der Waals surface area contributed by atoms with Gasteiger partial charge in [-0.1, -0.05) is 33.2 Å². The molecule has 0 radical (unpaired) electrons. The van der Waals surface area contributed by atoms with Gasteiger partial charge in [0.15, 0.2) is 17.3 Å². The number of rotatable bonds is 5. The Morgan fingerprint density at radius 1 is 1.06 bits per heavy atom. The lowest BCUT2D eigenvalue weighted by Gasteiger charge is -2.23. The third-order valence-corrected chi connectivity index (χ3v) is 5.68. The summed E-state index contributed by atoms with van der Waals surface area (Å²) in [5.74, 6) is -0.468. The molecule has 0 aliphatic carbocycles. The van der Waals surface area contributed by atoms with Crippen LogP contribution >= 0.6 is 15.9 Å². The van der Waals surface area contributed by atoms with Crippen molar-refractivity contribution in [1.82, 2.24) is 5.16 Å². The van der Waals surface area contributed by atoms with E-state index in [1.807, 2.05) is 0 Å². The zero-order valence-corrected chi connectivity index (χ0v) is 19.0. The number of aryl methyl sites for hydroxylation is 1. The minimum absolute atomic E-state index is 0.0646. The van der Waals surface area contributed by atoms with E-state index in [1.54, 1.807) is 55.5 Å². The fraction of sp³-hybridized carbons (Fsp3) is 0.174. The monoisotopic (exact) mass is 498 g/mol. The summed E-state index contributed by atoms with van der Waals surface area (Å²) in [7, 11) is 2.96. The second kappa shape index (κ2) is 8.51. The predicted molar refractivity (Wildman–Crippen MR) is 120 cm³/mol. The number of carbonyl (C=O) groups is 2. The zero-order valence-electron chi connectivity index (χ0n) is 17.5. The van der Waals surface area contributed by atoms with Gasteiger partial charge in [0.05, 0.1) is 25.8 Å². The van der Waals surface area contributed by atoms with Crippen LogP contribution in [0.2, 0.25) is 0 Å². The van der Waals surface area contributed by atoms with Crippen molar-refractivity contribution in [1.29, 1.82) is 0 Å². The first kappa shape index (κ1) is 21.6. The molecule has 1 saturated heterocycles. The van der Waals surface area contributed by atoms with Gasteiger partial charge in [0.1, 0.15) is 11.5 Å². The SMILES string of the molecule is COc1ccc(C(O)=C2C(=O)C(=O)N(c3cc(C)on3)[C@H]2c2ccc(Br)cc2)cc1OC. The smallest absolute Gasteiger partial charge is 0.301 e. The number of carbonyl (C=O) groups excluding carboxylic acids is 2. The minimum Gasteiger partial charge on any atom is -0.507 e. The first-order valence-electron chi connectivity index (χ1n) is 9.58. The molecule has 1 aliphatic heterocycles. The number of amides is 1. The van der Waals surface area contributed by atoms with E-state index in [9.17, 15) is 14.7 Å². The summed E-state index contributed by atoms with van der Waals surface area (Å²) >= 11 is 3.39. The second-order valence-corrected chi connectivity index (χ2v) is 8.00. The minimum atomic E-state index is -0.902. The maximum atomic E-state index is 13.1. The molecule has 9 heteroatoms. The Bertz CT molecular complexity index is 1230. The number of benzene rings is 2. The molecule has 2 heterocycles. The number of anilines is 1. The van der Waals surface area contributed by atoms with Crippen molar-refractivity contribution in [3.8, 4) is 11.5 Å². The molecule has 4 rings (SSSR count). The van der Waals surface area contributed by atoms with Crippen LogP contribution in [0.25, 0.3) is 5.76 Å². The molecular weight excluding hydrogens is 480 g/mol. The van der Waals surface area contributed by atoms with Gasteiger partial charge in [-0.15, -0.1) is 0 Å². The average Bonchev–Trinajstić information content (AvgIpc) is 3.34. The number of Topliss-reactive ketones (excluding diaryl/α,β-unsaturated/α-hetero) is 1. The molecule has 0 bridgehead atoms. The molecule has 1 atom stereocenters. The van der Waals surface area contributed by atoms with Gasteiger partial charge in [-0.2, -0.15) is 0 Å². The molecule has 0 saturated carbocycles. The lowest BCUT2D eigenvalue weighted by molar-refractivity contribution is -0.132. The van der Waals surface area contributed by atoms with E-state index in [1.165, 1.54) is 19.1 Å². The fourth-order valence-electron chi connectivity index (χ4n) is 3.64. The van der Waals surface area contributed by atoms with Crippen molar-refractivity contribution in [2.24, 2.45) is 0 Å². The molecule has 1 fully saturated rings. The first-order valence-corrected chi connectivity index (χ1v) is 10.4. The van der Waals surface area contributed by atoms with Gasteiger partial charge in [-0.3, -0.25) is 14.5 Å². The molecule has 3 aromatic rings. The van der Waals surface area contributed by atoms with Gasteiger partial charge in [-0.25, -0.2) is 0 Å². The van der Waals surface area contributed by atoms with Crippen LogP contribution in [0, 0.1) is 6.92 Å². The number of aliphatic hydroxyl groups excluding tert-OH is 1. The van der Waals surface area contributed by atoms with Crippen LogP contribution in [0.4, 0.5) is 5.82 Å². The number of hydrogen-bond donors (Lipinski definition) is 1. The van der Waals surface area contributed by atoms with Gasteiger partial charge < -0.3 is 19.1 Å². The Morgan fingerprint density at radius 2 is 1.75 bits per heavy atom. The van der Waals surface area contributed by atoms with E-state index in [2.05, 4.69) is 21.1 Å². The second-order valence-electron chi connectivity index (χ2n) is 7.09. The highest BCUT2D eigenvalue weighted by atomic mass is 79.9. The number of halogens is 1. The maximum Gasteiger partial charge on any atom is 0.301 e. The Labute approximate surface area is 192 Å². The number of ketones is 1. The summed E-state index contributed by atoms with van der Waals surface area (Å²) in [6.07, 6.45) is 0. The Kier molecular flexibility index (Phi) is 5.75. The quantitative estimate of drug-likeness (QED) is 0.316. The van der Waals surface area contributed by atoms with Crippen molar-refractivity contribution in [2.75, 3.05) is 19.1 Å². The van der Waals surface area contributed by atoms with Gasteiger partial charge in [0.2, 0.25) is 0 Å². The van der Waals surface area contributed by atoms with E-state index in [-0.39, 0.29) is 17.2 Å². The summed E-state index contributed by atoms with van der Waals surface area (Å²) in [5, 5.41) is 15.1. The fourth-order valence-corrected chi connectivity index (χ4v) is 3.90. The third kappa shape index (κ3) is 3.64. The highest BCUT2D eigenvalue weighted by molar-refractivity contribution is 9.10. The van der Waals surface area contributed by atoms with Crippen LogP contribution in [0.15, 0.2) is 63.1 Å². The molecule has 1 amide bonds. The van der Waals surface area contributed by atoms with E-state index in [4.69, 9.17) is 14.0 Å². The van der Waals surface area contributed by atoms with Crippen molar-refractivity contribution in [2.45, 2.75) is 13.0 Å². The summed E-state index contributed by atoms with van der Waals surface area (Å²) in [6, 6.07) is 12.5. The van der Waals surface area contributed by atoms with Crippen molar-refractivity contribution in [3.05, 3.63) is 75.5 Å². The molecule has 0 spiro atoms. The zero-order chi connectivity index (χ0) is 23.0. The van der Waals surface area contributed by atoms with E-state index < -0.39 is 17.7 Å². The number of aromatic nitrogens is 1. The van der Waals surface area contributed by atoms with Crippen molar-refractivity contribution >= 4 is 39.2 Å². The molecule has 32 heavy (non-hydrogen) atoms. The van der Waals surface area contributed by atoms with Gasteiger partial charge in [0.25, 0.3) is 5.78 Å². The van der Waals surface area contributed by atoms with Crippen LogP contribution in [-0.2, 0) is 9.59 Å². The molecular formula is C23H19BrN2O6. The molecule has 164 valence electrons. The van der Waals surface area contributed by atoms with Gasteiger partial charge >= 0.3 is 5.91 Å². The molecule has 1 N–H and O–H groups in total. The third-order valence-electron chi connectivity index (χ3n) is 5.15. The summed E-state index contributed by atoms with van der Waals surface area (Å²) in [5.41, 5.74) is 0.861. The number of aliphatic hydroxyl groups is 1. The molecule has 2 aromatic carbocycles. The summed E-state index contributed by atoms with van der Waals surface area (Å²) < 4.78 is 16.5. The first-order chi connectivity index (χ1) is 15.3. The van der Waals surface area contributed by atoms with Crippen LogP contribution in [-0.4, -0.2) is 36.2 Å². The lowest BCUT2D eigenvalue weighted by atomic mass is 9.95. The van der Waals surface area contributed by atoms with Crippen LogP contribution in [0.5, 0.6) is 11.5 Å². The van der Waals surface area contributed by atoms with Crippen molar-refractivity contribution < 1.29 is 28.7 Å². The van der Waals surface area contributed by atoms with Gasteiger partial charge in [-0.05, 0) is 42.8 Å².